The summed E-state index contributed by atoms with van der Waals surface area (Å²) in [6.07, 6.45) is -4.07. The Morgan fingerprint density at radius 1 is 1.12 bits per heavy atom. The number of carboxylic acids is 1. The summed E-state index contributed by atoms with van der Waals surface area (Å²) < 4.78 is 37.1. The first-order chi connectivity index (χ1) is 15.2. The number of benzene rings is 1. The fourth-order valence-corrected chi connectivity index (χ4v) is 2.72. The first-order valence-electron chi connectivity index (χ1n) is 10.2. The van der Waals surface area contributed by atoms with Gasteiger partial charge in [0, 0.05) is 0 Å². The van der Waals surface area contributed by atoms with E-state index in [-0.39, 0.29) is 17.8 Å². The number of rotatable bonds is 8. The van der Waals surface area contributed by atoms with Crippen molar-refractivity contribution in [1.29, 1.82) is 0 Å². The number of alkyl halides is 3. The molecule has 0 radical (unpaired) electrons. The quantitative estimate of drug-likeness (QED) is 0.430. The highest BCUT2D eigenvalue weighted by Crippen LogP contribution is 2.16. The van der Waals surface area contributed by atoms with E-state index in [1.54, 1.807) is 0 Å². The normalized spacial score (nSPS) is 13.3. The van der Waals surface area contributed by atoms with Gasteiger partial charge in [-0.25, -0.2) is 9.59 Å². The Balaban J connectivity index is 0.000000675. The number of halogens is 3. The van der Waals surface area contributed by atoms with Crippen LogP contribution in [0, 0.1) is 11.8 Å². The molecule has 0 unspecified atom stereocenters. The van der Waals surface area contributed by atoms with Gasteiger partial charge in [0.25, 0.3) is 0 Å². The number of imidazole rings is 1. The number of fused-ring (bicyclic) bond motifs is 1. The summed E-state index contributed by atoms with van der Waals surface area (Å²) in [6, 6.07) is 6.08. The average Bonchev–Trinajstić information content (AvgIpc) is 3.08. The number of H-pyrrole nitrogens is 1. The first-order valence-corrected chi connectivity index (χ1v) is 10.2. The SMILES string of the molecule is CC(C)C[C@H](N)C(=O)N[C@H](CC(C)C)C(=O)Oc1nc2ccccc2[nH]1.O=C(O)C(F)(F)F. The number of carboxylic acid groups (broad SMARTS) is 1. The molecular formula is C21H29F3N4O5. The van der Waals surface area contributed by atoms with E-state index in [0.29, 0.717) is 24.3 Å². The van der Waals surface area contributed by atoms with Crippen molar-refractivity contribution in [2.24, 2.45) is 17.6 Å². The Kier molecular flexibility index (Phi) is 10.3. The van der Waals surface area contributed by atoms with Crippen molar-refractivity contribution in [1.82, 2.24) is 15.3 Å². The zero-order chi connectivity index (χ0) is 25.3. The minimum atomic E-state index is -5.08. The zero-order valence-electron chi connectivity index (χ0n) is 18.8. The summed E-state index contributed by atoms with van der Waals surface area (Å²) in [4.78, 5) is 40.9. The number of aliphatic carboxylic acids is 1. The molecule has 1 aromatic carbocycles. The number of hydrogen-bond donors (Lipinski definition) is 4. The van der Waals surface area contributed by atoms with Crippen LogP contribution >= 0.6 is 0 Å². The zero-order valence-corrected chi connectivity index (χ0v) is 18.8. The van der Waals surface area contributed by atoms with E-state index in [2.05, 4.69) is 15.3 Å². The molecule has 0 aliphatic heterocycles. The Morgan fingerprint density at radius 2 is 1.67 bits per heavy atom. The number of aromatic nitrogens is 2. The molecule has 0 bridgehead atoms. The molecule has 5 N–H and O–H groups in total. The highest BCUT2D eigenvalue weighted by atomic mass is 19.4. The van der Waals surface area contributed by atoms with Crippen molar-refractivity contribution in [2.45, 2.75) is 58.8 Å². The van der Waals surface area contributed by atoms with Gasteiger partial charge in [0.05, 0.1) is 17.1 Å². The second kappa shape index (κ2) is 12.2. The van der Waals surface area contributed by atoms with E-state index in [1.165, 1.54) is 0 Å². The smallest absolute Gasteiger partial charge is 0.475 e. The van der Waals surface area contributed by atoms with Gasteiger partial charge in [0.15, 0.2) is 0 Å². The Morgan fingerprint density at radius 3 is 2.15 bits per heavy atom. The maximum atomic E-state index is 12.6. The largest absolute Gasteiger partial charge is 0.490 e. The molecular weight excluding hydrogens is 445 g/mol. The fourth-order valence-electron chi connectivity index (χ4n) is 2.72. The van der Waals surface area contributed by atoms with Crippen LogP contribution in [0.1, 0.15) is 40.5 Å². The van der Waals surface area contributed by atoms with Crippen molar-refractivity contribution >= 4 is 28.9 Å². The standard InChI is InChI=1S/C19H28N4O3.C2HF3O2/c1-11(2)9-13(20)17(24)21-16(10-12(3)4)18(25)26-19-22-14-7-5-6-8-15(14)23-19;3-2(4,5)1(6)7/h5-8,11-13,16H,9-10,20H2,1-4H3,(H,21,24)(H,22,23);(H,6,7)/t13-,16+;/m0./s1. The number of ether oxygens (including phenoxy) is 1. The second-order valence-electron chi connectivity index (χ2n) is 8.21. The molecule has 12 heteroatoms. The number of carbonyl (C=O) groups is 3. The molecule has 0 spiro atoms. The van der Waals surface area contributed by atoms with Crippen LogP contribution in [0.4, 0.5) is 13.2 Å². The van der Waals surface area contributed by atoms with Crippen LogP contribution in [0.5, 0.6) is 6.01 Å². The van der Waals surface area contributed by atoms with E-state index >= 15 is 0 Å². The number of hydrogen-bond acceptors (Lipinski definition) is 6. The van der Waals surface area contributed by atoms with E-state index in [4.69, 9.17) is 20.4 Å². The molecule has 184 valence electrons. The lowest BCUT2D eigenvalue weighted by Crippen LogP contribution is -2.50. The summed E-state index contributed by atoms with van der Waals surface area (Å²) in [6.45, 7) is 7.94. The number of nitrogens with two attached hydrogens (primary N) is 1. The van der Waals surface area contributed by atoms with E-state index < -0.39 is 30.2 Å². The topological polar surface area (TPSA) is 147 Å². The molecule has 1 heterocycles. The fraction of sp³-hybridized carbons (Fsp3) is 0.524. The summed E-state index contributed by atoms with van der Waals surface area (Å²) in [5.41, 5.74) is 7.40. The van der Waals surface area contributed by atoms with Gasteiger partial charge in [0.1, 0.15) is 6.04 Å². The molecule has 1 aromatic heterocycles. The van der Waals surface area contributed by atoms with Gasteiger partial charge >= 0.3 is 24.1 Å². The molecule has 0 saturated heterocycles. The van der Waals surface area contributed by atoms with E-state index in [9.17, 15) is 22.8 Å². The van der Waals surface area contributed by atoms with Crippen molar-refractivity contribution in [3.8, 4) is 6.01 Å². The minimum Gasteiger partial charge on any atom is -0.475 e. The first kappa shape index (κ1) is 27.9. The van der Waals surface area contributed by atoms with Gasteiger partial charge in [0.2, 0.25) is 5.91 Å². The Labute approximate surface area is 188 Å². The molecule has 0 fully saturated rings. The average molecular weight is 474 g/mol. The summed E-state index contributed by atoms with van der Waals surface area (Å²) in [5, 5.41) is 9.85. The van der Waals surface area contributed by atoms with Crippen molar-refractivity contribution in [3.05, 3.63) is 24.3 Å². The van der Waals surface area contributed by atoms with Crippen LogP contribution in [-0.2, 0) is 14.4 Å². The third-order valence-corrected chi connectivity index (χ3v) is 4.18. The third kappa shape index (κ3) is 9.89. The molecule has 2 aromatic rings. The number of nitrogens with zero attached hydrogens (tertiary/aromatic N) is 1. The number of carbonyl (C=O) groups excluding carboxylic acids is 2. The number of amides is 1. The molecule has 0 aliphatic carbocycles. The van der Waals surface area contributed by atoms with Gasteiger partial charge in [-0.05, 0) is 36.8 Å². The number of esters is 1. The van der Waals surface area contributed by atoms with Crippen molar-refractivity contribution < 1.29 is 37.4 Å². The van der Waals surface area contributed by atoms with Crippen LogP contribution in [0.2, 0.25) is 0 Å². The minimum absolute atomic E-state index is 0.116. The molecule has 0 saturated carbocycles. The highest BCUT2D eigenvalue weighted by Gasteiger charge is 2.38. The molecule has 0 aliphatic rings. The molecule has 2 atom stereocenters. The molecule has 9 nitrogen and oxygen atoms in total. The van der Waals surface area contributed by atoms with Crippen molar-refractivity contribution in [2.75, 3.05) is 0 Å². The van der Waals surface area contributed by atoms with Gasteiger partial charge in [-0.3, -0.25) is 4.79 Å². The van der Waals surface area contributed by atoms with Gasteiger partial charge in [-0.2, -0.15) is 18.2 Å². The Hall–Kier alpha value is -3.15. The number of para-hydroxylation sites is 2. The van der Waals surface area contributed by atoms with Gasteiger partial charge in [-0.15, -0.1) is 0 Å². The summed E-state index contributed by atoms with van der Waals surface area (Å²) in [5.74, 6) is -3.16. The number of nitrogens with one attached hydrogen (secondary N) is 2. The molecule has 2 rings (SSSR count). The third-order valence-electron chi connectivity index (χ3n) is 4.18. The number of aromatic amines is 1. The Bertz CT molecular complexity index is 910. The maximum absolute atomic E-state index is 12.6. The lowest BCUT2D eigenvalue weighted by atomic mass is 10.0. The monoisotopic (exact) mass is 474 g/mol. The second-order valence-corrected chi connectivity index (χ2v) is 8.21. The molecule has 33 heavy (non-hydrogen) atoms. The van der Waals surface area contributed by atoms with Crippen LogP contribution in [0.15, 0.2) is 24.3 Å². The van der Waals surface area contributed by atoms with Gasteiger partial charge in [-0.1, -0.05) is 39.8 Å². The van der Waals surface area contributed by atoms with Crippen LogP contribution < -0.4 is 15.8 Å². The predicted octanol–water partition coefficient (Wildman–Crippen LogP) is 3.01. The lowest BCUT2D eigenvalue weighted by Gasteiger charge is -2.21. The highest BCUT2D eigenvalue weighted by molar-refractivity contribution is 5.88. The van der Waals surface area contributed by atoms with Gasteiger partial charge < -0.3 is 25.9 Å². The molecule has 1 amide bonds. The lowest BCUT2D eigenvalue weighted by molar-refractivity contribution is -0.192. The maximum Gasteiger partial charge on any atom is 0.490 e. The van der Waals surface area contributed by atoms with Crippen LogP contribution in [0.3, 0.4) is 0 Å². The van der Waals surface area contributed by atoms with Crippen LogP contribution in [0.25, 0.3) is 11.0 Å². The summed E-state index contributed by atoms with van der Waals surface area (Å²) >= 11 is 0. The summed E-state index contributed by atoms with van der Waals surface area (Å²) in [7, 11) is 0. The van der Waals surface area contributed by atoms with Crippen LogP contribution in [-0.4, -0.2) is 51.2 Å². The van der Waals surface area contributed by atoms with E-state index in [0.717, 1.165) is 5.52 Å². The predicted molar refractivity (Wildman–Crippen MR) is 114 cm³/mol. The van der Waals surface area contributed by atoms with E-state index in [1.807, 2.05) is 52.0 Å². The van der Waals surface area contributed by atoms with Crippen molar-refractivity contribution in [3.63, 3.8) is 0 Å².